The molecule has 0 radical (unpaired) electrons. The lowest BCUT2D eigenvalue weighted by molar-refractivity contribution is -0.385. The largest absolute Gasteiger partial charge is 0.416 e. The zero-order valence-corrected chi connectivity index (χ0v) is 18.8. The van der Waals surface area contributed by atoms with Crippen LogP contribution in [0.15, 0.2) is 24.3 Å². The number of benzene rings is 1. The second-order valence-corrected chi connectivity index (χ2v) is 7.84. The first kappa shape index (κ1) is 26.9. The van der Waals surface area contributed by atoms with Crippen molar-refractivity contribution in [3.8, 4) is 0 Å². The summed E-state index contributed by atoms with van der Waals surface area (Å²) < 4.78 is 49.9. The molecule has 1 atom stereocenters. The number of hydrogen-bond acceptors (Lipinski definition) is 3. The van der Waals surface area contributed by atoms with E-state index in [2.05, 4.69) is 6.92 Å². The zero-order valence-electron chi connectivity index (χ0n) is 18.8. The van der Waals surface area contributed by atoms with E-state index in [4.69, 9.17) is 9.47 Å². The second-order valence-electron chi connectivity index (χ2n) is 7.84. The number of alkyl halides is 3. The van der Waals surface area contributed by atoms with Gasteiger partial charge in [-0.3, -0.25) is 0 Å². The number of unbranched alkanes of at least 4 members (excludes halogenated alkanes) is 5. The Balaban J connectivity index is 2.70. The number of aliphatic hydroxyl groups is 1. The summed E-state index contributed by atoms with van der Waals surface area (Å²) in [5.41, 5.74) is 0.0308. The Morgan fingerprint density at radius 1 is 0.867 bits per heavy atom. The fourth-order valence-electron chi connectivity index (χ4n) is 3.83. The van der Waals surface area contributed by atoms with Crippen LogP contribution in [0.1, 0.15) is 89.7 Å². The number of aryl methyl sites for hydroxylation is 1. The van der Waals surface area contributed by atoms with Crippen LogP contribution in [0.3, 0.4) is 0 Å². The van der Waals surface area contributed by atoms with Crippen molar-refractivity contribution in [2.45, 2.75) is 97.1 Å². The van der Waals surface area contributed by atoms with Crippen LogP contribution in [0.4, 0.5) is 13.2 Å². The Kier molecular flexibility index (Phi) is 12.6. The van der Waals surface area contributed by atoms with Crippen molar-refractivity contribution in [3.05, 3.63) is 35.4 Å². The van der Waals surface area contributed by atoms with Crippen molar-refractivity contribution in [1.29, 1.82) is 0 Å². The third-order valence-electron chi connectivity index (χ3n) is 5.40. The van der Waals surface area contributed by atoms with E-state index in [1.54, 1.807) is 6.07 Å². The van der Waals surface area contributed by atoms with Gasteiger partial charge in [-0.2, -0.15) is 13.2 Å². The highest BCUT2D eigenvalue weighted by Gasteiger charge is 2.38. The van der Waals surface area contributed by atoms with E-state index < -0.39 is 17.7 Å². The van der Waals surface area contributed by atoms with Crippen LogP contribution in [-0.4, -0.2) is 24.3 Å². The number of hydrogen-bond donors (Lipinski definition) is 1. The van der Waals surface area contributed by atoms with Gasteiger partial charge < -0.3 is 14.6 Å². The summed E-state index contributed by atoms with van der Waals surface area (Å²) in [5.74, 6) is -1.85. The molecule has 0 aliphatic heterocycles. The van der Waals surface area contributed by atoms with Crippen LogP contribution in [0, 0.1) is 5.92 Å². The maximum atomic E-state index is 12.9. The van der Waals surface area contributed by atoms with Crippen LogP contribution < -0.4 is 0 Å². The van der Waals surface area contributed by atoms with Crippen LogP contribution >= 0.6 is 0 Å². The molecule has 0 bridgehead atoms. The molecule has 0 aliphatic carbocycles. The lowest BCUT2D eigenvalue weighted by atomic mass is 9.91. The van der Waals surface area contributed by atoms with Gasteiger partial charge >= 0.3 is 6.18 Å². The average molecular weight is 433 g/mol. The van der Waals surface area contributed by atoms with Gasteiger partial charge in [-0.15, -0.1) is 0 Å². The molecule has 174 valence electrons. The van der Waals surface area contributed by atoms with Crippen molar-refractivity contribution in [1.82, 2.24) is 0 Å². The van der Waals surface area contributed by atoms with Crippen LogP contribution in [0.25, 0.3) is 0 Å². The van der Waals surface area contributed by atoms with E-state index in [1.165, 1.54) is 37.8 Å². The predicted molar refractivity (Wildman–Crippen MR) is 114 cm³/mol. The lowest BCUT2D eigenvalue weighted by Gasteiger charge is -2.35. The first-order chi connectivity index (χ1) is 14.3. The van der Waals surface area contributed by atoms with Crippen molar-refractivity contribution < 1.29 is 27.8 Å². The highest BCUT2D eigenvalue weighted by Crippen LogP contribution is 2.32. The Morgan fingerprint density at radius 2 is 1.47 bits per heavy atom. The summed E-state index contributed by atoms with van der Waals surface area (Å²) in [4.78, 5) is 0. The highest BCUT2D eigenvalue weighted by atomic mass is 19.4. The van der Waals surface area contributed by atoms with E-state index in [-0.39, 0.29) is 5.92 Å². The van der Waals surface area contributed by atoms with E-state index >= 15 is 0 Å². The molecule has 1 unspecified atom stereocenters. The lowest BCUT2D eigenvalue weighted by Crippen LogP contribution is -2.44. The van der Waals surface area contributed by atoms with Crippen LogP contribution in [-0.2, 0) is 22.1 Å². The smallest absolute Gasteiger partial charge is 0.343 e. The van der Waals surface area contributed by atoms with Gasteiger partial charge in [0.25, 0.3) is 5.97 Å². The van der Waals surface area contributed by atoms with Crippen molar-refractivity contribution in [2.75, 3.05) is 13.2 Å². The molecular formula is C24H39F3O3. The van der Waals surface area contributed by atoms with Crippen molar-refractivity contribution in [2.24, 2.45) is 5.92 Å². The minimum Gasteiger partial charge on any atom is -0.343 e. The predicted octanol–water partition coefficient (Wildman–Crippen LogP) is 7.11. The molecule has 30 heavy (non-hydrogen) atoms. The molecule has 3 nitrogen and oxygen atoms in total. The average Bonchev–Trinajstić information content (AvgIpc) is 2.69. The summed E-state index contributed by atoms with van der Waals surface area (Å²) in [7, 11) is 0. The van der Waals surface area contributed by atoms with Crippen molar-refractivity contribution in [3.63, 3.8) is 0 Å². The fourth-order valence-corrected chi connectivity index (χ4v) is 3.83. The molecular weight excluding hydrogens is 393 g/mol. The molecule has 0 amide bonds. The van der Waals surface area contributed by atoms with Gasteiger partial charge in [0.1, 0.15) is 0 Å². The second kappa shape index (κ2) is 14.0. The zero-order chi connectivity index (χ0) is 22.5. The molecule has 1 N–H and O–H groups in total. The maximum absolute atomic E-state index is 12.9. The normalized spacial score (nSPS) is 13.6. The maximum Gasteiger partial charge on any atom is 0.416 e. The molecule has 0 fully saturated rings. The van der Waals surface area contributed by atoms with Gasteiger partial charge in [0.05, 0.1) is 5.56 Å². The molecule has 1 aromatic carbocycles. The summed E-state index contributed by atoms with van der Waals surface area (Å²) in [6.07, 6.45) is 5.14. The molecule has 1 aromatic rings. The summed E-state index contributed by atoms with van der Waals surface area (Å²) in [6, 6.07) is 5.46. The number of rotatable bonds is 16. The molecule has 1 rings (SSSR count). The van der Waals surface area contributed by atoms with Gasteiger partial charge in [-0.25, -0.2) is 0 Å². The molecule has 0 spiro atoms. The topological polar surface area (TPSA) is 38.7 Å². The molecule has 0 aliphatic rings. The van der Waals surface area contributed by atoms with Gasteiger partial charge in [-0.1, -0.05) is 63.6 Å². The van der Waals surface area contributed by atoms with E-state index in [1.807, 2.05) is 13.8 Å². The molecule has 6 heteroatoms. The minimum absolute atomic E-state index is 0.214. The standard InChI is InChI=1S/C24H39F3O3/c1-4-7-8-9-10-11-16-21(24(28,29-5-2)30-6-3)17-12-14-20-15-13-18-22(19-20)23(25,26)27/h13,15,18-19,21,28H,4-12,14,16-17H2,1-3H3. The van der Waals surface area contributed by atoms with Gasteiger partial charge in [0.2, 0.25) is 0 Å². The number of ether oxygens (including phenoxy) is 2. The van der Waals surface area contributed by atoms with Crippen molar-refractivity contribution >= 4 is 0 Å². The Bertz CT molecular complexity index is 569. The van der Waals surface area contributed by atoms with E-state index in [0.717, 1.165) is 25.3 Å². The molecule has 0 heterocycles. The first-order valence-corrected chi connectivity index (χ1v) is 11.4. The summed E-state index contributed by atoms with van der Waals surface area (Å²) >= 11 is 0. The van der Waals surface area contributed by atoms with Crippen LogP contribution in [0.5, 0.6) is 0 Å². The van der Waals surface area contributed by atoms with Gasteiger partial charge in [0.15, 0.2) is 0 Å². The minimum atomic E-state index is -4.33. The van der Waals surface area contributed by atoms with E-state index in [9.17, 15) is 18.3 Å². The molecule has 0 saturated carbocycles. The third kappa shape index (κ3) is 9.80. The van der Waals surface area contributed by atoms with Gasteiger partial charge in [0, 0.05) is 19.1 Å². The Morgan fingerprint density at radius 3 is 2.07 bits per heavy atom. The monoisotopic (exact) mass is 432 g/mol. The molecule has 0 saturated heterocycles. The Hall–Kier alpha value is -1.11. The highest BCUT2D eigenvalue weighted by molar-refractivity contribution is 5.25. The van der Waals surface area contributed by atoms with Crippen LogP contribution in [0.2, 0.25) is 0 Å². The Labute approximate surface area is 180 Å². The number of halogens is 3. The summed E-state index contributed by atoms with van der Waals surface area (Å²) in [5, 5.41) is 11.0. The molecule has 0 aromatic heterocycles. The quantitative estimate of drug-likeness (QED) is 0.223. The third-order valence-corrected chi connectivity index (χ3v) is 5.40. The first-order valence-electron chi connectivity index (χ1n) is 11.4. The van der Waals surface area contributed by atoms with E-state index in [0.29, 0.717) is 38.0 Å². The SMILES string of the molecule is CCCCCCCCC(CCCc1cccc(C(F)(F)F)c1)C(O)(OCC)OCC. The fraction of sp³-hybridized carbons (Fsp3) is 0.750. The van der Waals surface area contributed by atoms with Gasteiger partial charge in [-0.05, 0) is 51.2 Å². The summed E-state index contributed by atoms with van der Waals surface area (Å²) in [6.45, 7) is 6.47.